The normalized spacial score (nSPS) is 15.6. The van der Waals surface area contributed by atoms with Gasteiger partial charge in [-0.25, -0.2) is 39.9 Å². The zero-order chi connectivity index (χ0) is 53.1. The van der Waals surface area contributed by atoms with Gasteiger partial charge in [0, 0.05) is 152 Å². The van der Waals surface area contributed by atoms with E-state index in [0.717, 1.165) is 152 Å². The summed E-state index contributed by atoms with van der Waals surface area (Å²) in [6.45, 7) is 17.9. The van der Waals surface area contributed by atoms with E-state index in [9.17, 15) is 0 Å². The van der Waals surface area contributed by atoms with E-state index < -0.39 is 0 Å². The lowest BCUT2D eigenvalue weighted by molar-refractivity contribution is 0.122. The first kappa shape index (κ1) is 52.8. The van der Waals surface area contributed by atoms with Crippen molar-refractivity contribution in [3.63, 3.8) is 0 Å². The van der Waals surface area contributed by atoms with Crippen molar-refractivity contribution in [3.8, 4) is 0 Å². The number of anilines is 10. The average Bonchev–Trinajstić information content (AvgIpc) is 3.53. The van der Waals surface area contributed by atoms with Crippen LogP contribution in [-0.4, -0.2) is 155 Å². The van der Waals surface area contributed by atoms with E-state index in [0.29, 0.717) is 23.8 Å². The number of nitrogens with one attached hydrogen (secondary N) is 3. The molecule has 0 unspecified atom stereocenters. The molecule has 0 bridgehead atoms. The molecule has 402 valence electrons. The maximum absolute atomic E-state index is 5.45. The highest BCUT2D eigenvalue weighted by Gasteiger charge is 2.23. The van der Waals surface area contributed by atoms with E-state index in [4.69, 9.17) is 4.74 Å². The van der Waals surface area contributed by atoms with E-state index in [1.54, 1.807) is 12.7 Å². The Hall–Kier alpha value is -8.62. The van der Waals surface area contributed by atoms with Gasteiger partial charge in [0.25, 0.3) is 0 Å². The van der Waals surface area contributed by atoms with Crippen LogP contribution in [0.15, 0.2) is 147 Å². The number of piperazine rings is 3. The summed E-state index contributed by atoms with van der Waals surface area (Å²) in [5, 5.41) is 10.0. The van der Waals surface area contributed by atoms with Crippen LogP contribution in [0.3, 0.4) is 0 Å². The highest BCUT2D eigenvalue weighted by atomic mass is 16.5. The molecule has 4 aromatic heterocycles. The number of benzene rings is 4. The lowest BCUT2D eigenvalue weighted by Crippen LogP contribution is -2.47. The van der Waals surface area contributed by atoms with Gasteiger partial charge in [0.15, 0.2) is 0 Å². The fraction of sp³-hybridized carbons (Fsp3) is 0.345. The third-order valence-corrected chi connectivity index (χ3v) is 13.8. The monoisotopic (exact) mass is 1050 g/mol. The number of aromatic nitrogens is 10. The van der Waals surface area contributed by atoms with Crippen molar-refractivity contribution in [2.24, 2.45) is 0 Å². The Bertz CT molecular complexity index is 2810. The lowest BCUT2D eigenvalue weighted by Gasteiger charge is -2.34. The average molecular weight is 1050 g/mol. The van der Waals surface area contributed by atoms with Crippen molar-refractivity contribution >= 4 is 58.4 Å². The Morgan fingerprint density at radius 2 is 0.756 bits per heavy atom. The number of rotatable bonds is 14. The molecule has 20 heteroatoms. The van der Waals surface area contributed by atoms with Crippen LogP contribution in [0.5, 0.6) is 0 Å². The van der Waals surface area contributed by atoms with Crippen LogP contribution >= 0.6 is 0 Å². The Balaban J connectivity index is 0.000000171. The zero-order valence-electron chi connectivity index (χ0n) is 44.6. The first-order chi connectivity index (χ1) is 38.6. The molecule has 8 aromatic rings. The molecule has 3 N–H and O–H groups in total. The number of nitrogens with zero attached hydrogens (tertiary/aromatic N) is 16. The van der Waals surface area contributed by atoms with Gasteiger partial charge in [-0.15, -0.1) is 0 Å². The smallest absolute Gasteiger partial charge is 0.231 e. The summed E-state index contributed by atoms with van der Waals surface area (Å²) >= 11 is 0. The van der Waals surface area contributed by atoms with Crippen molar-refractivity contribution in [3.05, 3.63) is 169 Å². The molecular formula is C58H69N19O. The van der Waals surface area contributed by atoms with Gasteiger partial charge in [-0.3, -0.25) is 0 Å². The lowest BCUT2D eigenvalue weighted by atomic mass is 10.1. The van der Waals surface area contributed by atoms with Gasteiger partial charge >= 0.3 is 0 Å². The van der Waals surface area contributed by atoms with Crippen LogP contribution in [0.1, 0.15) is 36.1 Å². The van der Waals surface area contributed by atoms with Crippen LogP contribution < -0.4 is 45.3 Å². The highest BCUT2D eigenvalue weighted by Crippen LogP contribution is 2.24. The molecule has 4 fully saturated rings. The molecule has 0 spiro atoms. The predicted molar refractivity (Wildman–Crippen MR) is 310 cm³/mol. The molecule has 0 saturated carbocycles. The van der Waals surface area contributed by atoms with E-state index >= 15 is 0 Å². The van der Waals surface area contributed by atoms with Crippen LogP contribution in [0.2, 0.25) is 0 Å². The Kier molecular flexibility index (Phi) is 18.2. The molecular weight excluding hydrogens is 979 g/mol. The van der Waals surface area contributed by atoms with Gasteiger partial charge in [0.1, 0.15) is 12.7 Å². The van der Waals surface area contributed by atoms with Crippen LogP contribution in [0.25, 0.3) is 0 Å². The van der Waals surface area contributed by atoms with Gasteiger partial charge < -0.3 is 50.1 Å². The first-order valence-corrected chi connectivity index (χ1v) is 27.2. The van der Waals surface area contributed by atoms with Gasteiger partial charge in [0.05, 0.1) is 13.2 Å². The third-order valence-electron chi connectivity index (χ3n) is 13.8. The van der Waals surface area contributed by atoms with Gasteiger partial charge in [-0.2, -0.15) is 9.97 Å². The second kappa shape index (κ2) is 26.9. The molecule has 12 rings (SSSR count). The van der Waals surface area contributed by atoms with E-state index in [1.807, 2.05) is 50.8 Å². The molecule has 78 heavy (non-hydrogen) atoms. The van der Waals surface area contributed by atoms with Gasteiger partial charge in [-0.05, 0) is 70.8 Å². The summed E-state index contributed by atoms with van der Waals surface area (Å²) in [5.41, 5.74) is 9.07. The number of ether oxygens (including phenoxy) is 1. The Labute approximate surface area is 457 Å². The molecule has 0 amide bonds. The molecule has 4 saturated heterocycles. The SMILES string of the molecule is CC.c1ccc(Cc2cnc(N3CCN(c4ncnc(Nc5ccc(N6CCNCC6)cc5)n4)CC3)nc2)cc1.c1ccc(Cc2cnc(N3CCN(c4ncnc(Nc5ccc(N6CCOCC6)cc5)n4)CC3)nc2)cc1. The largest absolute Gasteiger partial charge is 0.378 e. The summed E-state index contributed by atoms with van der Waals surface area (Å²) in [5.74, 6) is 3.97. The van der Waals surface area contributed by atoms with E-state index in [1.165, 1.54) is 22.5 Å². The maximum atomic E-state index is 5.45. The number of morpholine rings is 1. The summed E-state index contributed by atoms with van der Waals surface area (Å²) < 4.78 is 5.45. The molecule has 0 aliphatic carbocycles. The standard InChI is InChI=1S/C28H32N10.C28H31N9O.C2H6/c1-2-4-22(5-3-1)18-23-19-30-27(31-20-23)37-14-16-38(17-15-37)28-33-21-32-26(35-28)34-24-6-8-25(9-7-24)36-12-10-29-11-13-36;1-2-4-22(5-3-1)18-23-19-29-27(30-20-23)36-10-12-37(13-11-36)28-32-21-31-26(34-28)33-24-6-8-25(9-7-24)35-14-16-38-17-15-35;1-2/h1-9,19-21,29H,10-18H2,(H,32,33,34,35);1-9,19-21H,10-18H2,(H,31,32,33,34);1-2H3. The molecule has 4 aliphatic rings. The summed E-state index contributed by atoms with van der Waals surface area (Å²) in [6, 6.07) is 37.6. The fourth-order valence-corrected chi connectivity index (χ4v) is 9.60. The third kappa shape index (κ3) is 14.4. The van der Waals surface area contributed by atoms with Crippen molar-refractivity contribution in [1.82, 2.24) is 55.2 Å². The number of hydrogen-bond donors (Lipinski definition) is 3. The molecule has 4 aliphatic heterocycles. The minimum Gasteiger partial charge on any atom is -0.378 e. The van der Waals surface area contributed by atoms with Crippen LogP contribution in [-0.2, 0) is 17.6 Å². The molecule has 8 heterocycles. The van der Waals surface area contributed by atoms with E-state index in [2.05, 4.69) is 192 Å². The molecule has 0 radical (unpaired) electrons. The zero-order valence-corrected chi connectivity index (χ0v) is 44.6. The van der Waals surface area contributed by atoms with Crippen molar-refractivity contribution < 1.29 is 4.74 Å². The van der Waals surface area contributed by atoms with E-state index in [-0.39, 0.29) is 0 Å². The highest BCUT2D eigenvalue weighted by molar-refractivity contribution is 5.61. The Morgan fingerprint density at radius 1 is 0.385 bits per heavy atom. The van der Waals surface area contributed by atoms with Crippen molar-refractivity contribution in [1.29, 1.82) is 0 Å². The Morgan fingerprint density at radius 3 is 1.15 bits per heavy atom. The maximum Gasteiger partial charge on any atom is 0.231 e. The minimum absolute atomic E-state index is 0.536. The number of hydrogen-bond acceptors (Lipinski definition) is 20. The molecule has 0 atom stereocenters. The summed E-state index contributed by atoms with van der Waals surface area (Å²) in [6.07, 6.45) is 12.5. The topological polar surface area (TPSA) is 194 Å². The summed E-state index contributed by atoms with van der Waals surface area (Å²) in [7, 11) is 0. The second-order valence-corrected chi connectivity index (χ2v) is 19.0. The van der Waals surface area contributed by atoms with Crippen LogP contribution in [0.4, 0.5) is 58.4 Å². The predicted octanol–water partition coefficient (Wildman–Crippen LogP) is 6.92. The van der Waals surface area contributed by atoms with Crippen molar-refractivity contribution in [2.45, 2.75) is 26.7 Å². The van der Waals surface area contributed by atoms with Gasteiger partial charge in [-0.1, -0.05) is 74.5 Å². The van der Waals surface area contributed by atoms with Crippen molar-refractivity contribution in [2.75, 3.05) is 145 Å². The van der Waals surface area contributed by atoms with Crippen LogP contribution in [0, 0.1) is 0 Å². The molecule has 4 aromatic carbocycles. The minimum atomic E-state index is 0.536. The quantitative estimate of drug-likeness (QED) is 0.102. The fourth-order valence-electron chi connectivity index (χ4n) is 9.60. The first-order valence-electron chi connectivity index (χ1n) is 27.2. The second-order valence-electron chi connectivity index (χ2n) is 19.0. The van der Waals surface area contributed by atoms with Gasteiger partial charge in [0.2, 0.25) is 35.7 Å². The molecule has 20 nitrogen and oxygen atoms in total. The summed E-state index contributed by atoms with van der Waals surface area (Å²) in [4.78, 5) is 58.9.